The highest BCUT2D eigenvalue weighted by Gasteiger charge is 2.33. The number of aryl methyl sites for hydroxylation is 2. The summed E-state index contributed by atoms with van der Waals surface area (Å²) in [5, 5.41) is 10.1. The molecule has 0 aliphatic carbocycles. The summed E-state index contributed by atoms with van der Waals surface area (Å²) in [6.07, 6.45) is 0. The molecule has 24 heavy (non-hydrogen) atoms. The SMILES string of the molecule is COc1ccc(O)c(S(=O)(=O)N2CCOc3c(C)cc(C)cc32)c1. The number of hydrogen-bond donors (Lipinski definition) is 1. The summed E-state index contributed by atoms with van der Waals surface area (Å²) >= 11 is 0. The number of benzene rings is 2. The molecule has 7 heteroatoms. The summed E-state index contributed by atoms with van der Waals surface area (Å²) in [5.74, 6) is 0.603. The van der Waals surface area contributed by atoms with Crippen molar-refractivity contribution in [3.05, 3.63) is 41.5 Å². The quantitative estimate of drug-likeness (QED) is 0.922. The van der Waals surface area contributed by atoms with Crippen molar-refractivity contribution >= 4 is 15.7 Å². The first-order chi connectivity index (χ1) is 11.3. The third-order valence-electron chi connectivity index (χ3n) is 3.94. The second kappa shape index (κ2) is 5.90. The maximum absolute atomic E-state index is 13.1. The van der Waals surface area contributed by atoms with E-state index in [9.17, 15) is 13.5 Å². The van der Waals surface area contributed by atoms with Crippen LogP contribution >= 0.6 is 0 Å². The van der Waals surface area contributed by atoms with Gasteiger partial charge in [0.05, 0.1) is 19.3 Å². The number of methoxy groups -OCH3 is 1. The number of phenols is 1. The number of ether oxygens (including phenoxy) is 2. The molecule has 0 spiro atoms. The average Bonchev–Trinajstić information content (AvgIpc) is 2.54. The van der Waals surface area contributed by atoms with Gasteiger partial charge >= 0.3 is 0 Å². The van der Waals surface area contributed by atoms with Gasteiger partial charge in [-0.2, -0.15) is 0 Å². The topological polar surface area (TPSA) is 76.1 Å². The summed E-state index contributed by atoms with van der Waals surface area (Å²) < 4.78 is 38.2. The summed E-state index contributed by atoms with van der Waals surface area (Å²) in [6.45, 7) is 4.20. The van der Waals surface area contributed by atoms with E-state index in [0.29, 0.717) is 17.2 Å². The molecule has 0 saturated carbocycles. The molecule has 3 rings (SSSR count). The van der Waals surface area contributed by atoms with Crippen molar-refractivity contribution in [1.29, 1.82) is 0 Å². The van der Waals surface area contributed by atoms with Crippen LogP contribution in [0.4, 0.5) is 5.69 Å². The minimum atomic E-state index is -3.95. The maximum atomic E-state index is 13.1. The molecule has 0 amide bonds. The van der Waals surface area contributed by atoms with E-state index in [1.807, 2.05) is 19.9 Å². The second-order valence-electron chi connectivity index (χ2n) is 5.69. The molecule has 0 bridgehead atoms. The Bertz CT molecular complexity index is 892. The smallest absolute Gasteiger partial charge is 0.268 e. The van der Waals surface area contributed by atoms with Crippen molar-refractivity contribution in [3.63, 3.8) is 0 Å². The standard InChI is InChI=1S/C17H19NO5S/c1-11-8-12(2)17-14(9-11)18(6-7-23-17)24(20,21)16-10-13(22-3)4-5-15(16)19/h4-5,8-10,19H,6-7H2,1-3H3. The van der Waals surface area contributed by atoms with Gasteiger partial charge in [0.15, 0.2) is 0 Å². The molecule has 1 aliphatic rings. The van der Waals surface area contributed by atoms with E-state index in [1.165, 1.54) is 29.6 Å². The molecule has 0 radical (unpaired) electrons. The van der Waals surface area contributed by atoms with Gasteiger partial charge in [0.2, 0.25) is 0 Å². The number of hydrogen-bond acceptors (Lipinski definition) is 5. The van der Waals surface area contributed by atoms with Gasteiger partial charge in [0.1, 0.15) is 28.8 Å². The average molecular weight is 349 g/mol. The van der Waals surface area contributed by atoms with Crippen molar-refractivity contribution in [2.45, 2.75) is 18.7 Å². The fraction of sp³-hybridized carbons (Fsp3) is 0.294. The zero-order chi connectivity index (χ0) is 17.5. The van der Waals surface area contributed by atoms with Gasteiger partial charge in [-0.1, -0.05) is 6.07 Å². The Balaban J connectivity index is 2.17. The lowest BCUT2D eigenvalue weighted by atomic mass is 10.1. The van der Waals surface area contributed by atoms with Crippen LogP contribution in [-0.4, -0.2) is 33.8 Å². The number of aromatic hydroxyl groups is 1. The highest BCUT2D eigenvalue weighted by Crippen LogP contribution is 2.40. The molecule has 0 aromatic heterocycles. The Kier molecular flexibility index (Phi) is 4.04. The first-order valence-electron chi connectivity index (χ1n) is 7.48. The highest BCUT2D eigenvalue weighted by molar-refractivity contribution is 7.93. The lowest BCUT2D eigenvalue weighted by molar-refractivity contribution is 0.313. The van der Waals surface area contributed by atoms with Gasteiger partial charge < -0.3 is 14.6 Å². The normalized spacial score (nSPS) is 14.0. The molecule has 0 unspecified atom stereocenters. The molecule has 0 atom stereocenters. The van der Waals surface area contributed by atoms with Crippen LogP contribution in [0.2, 0.25) is 0 Å². The molecule has 2 aromatic rings. The molecule has 1 aliphatic heterocycles. The summed E-state index contributed by atoms with van der Waals surface area (Å²) in [4.78, 5) is -0.186. The zero-order valence-electron chi connectivity index (χ0n) is 13.7. The highest BCUT2D eigenvalue weighted by atomic mass is 32.2. The van der Waals surface area contributed by atoms with Crippen molar-refractivity contribution in [1.82, 2.24) is 0 Å². The number of nitrogens with zero attached hydrogens (tertiary/aromatic N) is 1. The third-order valence-corrected chi connectivity index (χ3v) is 5.79. The van der Waals surface area contributed by atoms with Crippen molar-refractivity contribution in [3.8, 4) is 17.2 Å². The van der Waals surface area contributed by atoms with Crippen LogP contribution in [0.25, 0.3) is 0 Å². The van der Waals surface area contributed by atoms with E-state index in [2.05, 4.69) is 0 Å². The number of sulfonamides is 1. The lowest BCUT2D eigenvalue weighted by Gasteiger charge is -2.32. The van der Waals surface area contributed by atoms with Crippen LogP contribution in [0, 0.1) is 13.8 Å². The van der Waals surface area contributed by atoms with Crippen LogP contribution in [0.1, 0.15) is 11.1 Å². The summed E-state index contributed by atoms with van der Waals surface area (Å²) in [5.41, 5.74) is 2.30. The van der Waals surface area contributed by atoms with Crippen LogP contribution in [-0.2, 0) is 10.0 Å². The number of fused-ring (bicyclic) bond motifs is 1. The van der Waals surface area contributed by atoms with Crippen LogP contribution < -0.4 is 13.8 Å². The van der Waals surface area contributed by atoms with Crippen LogP contribution in [0.15, 0.2) is 35.2 Å². The zero-order valence-corrected chi connectivity index (χ0v) is 14.6. The Morgan fingerprint density at radius 2 is 1.96 bits per heavy atom. The van der Waals surface area contributed by atoms with Crippen LogP contribution in [0.5, 0.6) is 17.2 Å². The predicted octanol–water partition coefficient (Wildman–Crippen LogP) is 2.61. The van der Waals surface area contributed by atoms with Gasteiger partial charge in [-0.25, -0.2) is 8.42 Å². The second-order valence-corrected chi connectivity index (χ2v) is 7.52. The monoisotopic (exact) mass is 349 g/mol. The minimum absolute atomic E-state index is 0.175. The number of phenolic OH excluding ortho intramolecular Hbond substituents is 1. The Hall–Kier alpha value is -2.41. The van der Waals surface area contributed by atoms with E-state index in [4.69, 9.17) is 9.47 Å². The molecular formula is C17H19NO5S. The predicted molar refractivity (Wildman–Crippen MR) is 90.6 cm³/mol. The summed E-state index contributed by atoms with van der Waals surface area (Å²) in [6, 6.07) is 7.86. The van der Waals surface area contributed by atoms with Gasteiger partial charge in [0.25, 0.3) is 10.0 Å². The fourth-order valence-electron chi connectivity index (χ4n) is 2.85. The summed E-state index contributed by atoms with van der Waals surface area (Å²) in [7, 11) is -2.50. The van der Waals surface area contributed by atoms with Gasteiger partial charge in [-0.3, -0.25) is 4.31 Å². The largest absolute Gasteiger partial charge is 0.507 e. The van der Waals surface area contributed by atoms with Crippen LogP contribution in [0.3, 0.4) is 0 Å². The lowest BCUT2D eigenvalue weighted by Crippen LogP contribution is -2.38. The molecule has 1 N–H and O–H groups in total. The van der Waals surface area contributed by atoms with Crippen molar-refractivity contribution in [2.24, 2.45) is 0 Å². The minimum Gasteiger partial charge on any atom is -0.507 e. The van der Waals surface area contributed by atoms with E-state index < -0.39 is 10.0 Å². The molecule has 2 aromatic carbocycles. The third kappa shape index (κ3) is 2.65. The molecule has 6 nitrogen and oxygen atoms in total. The molecular weight excluding hydrogens is 330 g/mol. The van der Waals surface area contributed by atoms with E-state index >= 15 is 0 Å². The van der Waals surface area contributed by atoms with Gasteiger partial charge in [0, 0.05) is 6.07 Å². The van der Waals surface area contributed by atoms with E-state index in [-0.39, 0.29) is 23.8 Å². The van der Waals surface area contributed by atoms with Crippen molar-refractivity contribution < 1.29 is 23.0 Å². The molecule has 0 saturated heterocycles. The Morgan fingerprint density at radius 1 is 1.21 bits per heavy atom. The first-order valence-corrected chi connectivity index (χ1v) is 8.92. The number of anilines is 1. The molecule has 128 valence electrons. The van der Waals surface area contributed by atoms with Gasteiger partial charge in [-0.05, 0) is 43.2 Å². The number of rotatable bonds is 3. The molecule has 1 heterocycles. The Labute approximate surface area is 141 Å². The Morgan fingerprint density at radius 3 is 2.67 bits per heavy atom. The van der Waals surface area contributed by atoms with Gasteiger partial charge in [-0.15, -0.1) is 0 Å². The fourth-order valence-corrected chi connectivity index (χ4v) is 4.40. The maximum Gasteiger partial charge on any atom is 0.268 e. The van der Waals surface area contributed by atoms with E-state index in [1.54, 1.807) is 6.07 Å². The molecule has 0 fully saturated rings. The van der Waals surface area contributed by atoms with E-state index in [0.717, 1.165) is 11.1 Å². The van der Waals surface area contributed by atoms with Crippen molar-refractivity contribution in [2.75, 3.05) is 24.6 Å². The first kappa shape index (κ1) is 16.4.